The molecule has 3 N–H and O–H groups in total. The lowest BCUT2D eigenvalue weighted by Crippen LogP contribution is -2.39. The first-order valence-electron chi connectivity index (χ1n) is 5.58. The van der Waals surface area contributed by atoms with Crippen molar-refractivity contribution in [1.29, 1.82) is 0 Å². The second kappa shape index (κ2) is 5.48. The summed E-state index contributed by atoms with van der Waals surface area (Å²) < 4.78 is 0. The molecular weight excluding hydrogens is 216 g/mol. The van der Waals surface area contributed by atoms with Gasteiger partial charge in [-0.15, -0.1) is 0 Å². The lowest BCUT2D eigenvalue weighted by atomic mass is 10.00. The van der Waals surface area contributed by atoms with Gasteiger partial charge in [-0.3, -0.25) is 9.59 Å². The van der Waals surface area contributed by atoms with Gasteiger partial charge >= 0.3 is 0 Å². The van der Waals surface area contributed by atoms with Crippen LogP contribution in [0, 0.1) is 12.8 Å². The van der Waals surface area contributed by atoms with Crippen LogP contribution in [0.5, 0.6) is 0 Å². The molecule has 92 valence electrons. The Hall–Kier alpha value is -1.84. The first-order valence-corrected chi connectivity index (χ1v) is 5.58. The van der Waals surface area contributed by atoms with Crippen molar-refractivity contribution in [3.05, 3.63) is 35.4 Å². The molecule has 0 aromatic heterocycles. The van der Waals surface area contributed by atoms with Crippen LogP contribution in [0.1, 0.15) is 31.0 Å². The van der Waals surface area contributed by atoms with E-state index in [4.69, 9.17) is 5.73 Å². The van der Waals surface area contributed by atoms with Gasteiger partial charge in [-0.1, -0.05) is 38.1 Å². The zero-order valence-electron chi connectivity index (χ0n) is 10.4. The average molecular weight is 234 g/mol. The van der Waals surface area contributed by atoms with Crippen LogP contribution in [0.15, 0.2) is 24.3 Å². The van der Waals surface area contributed by atoms with Crippen LogP contribution in [-0.2, 0) is 9.59 Å². The highest BCUT2D eigenvalue weighted by molar-refractivity contribution is 5.88. The molecule has 1 aromatic carbocycles. The smallest absolute Gasteiger partial charge is 0.244 e. The van der Waals surface area contributed by atoms with E-state index in [1.165, 1.54) is 0 Å². The average Bonchev–Trinajstić information content (AvgIpc) is 2.26. The van der Waals surface area contributed by atoms with Crippen LogP contribution in [0.25, 0.3) is 0 Å². The largest absolute Gasteiger partial charge is 0.368 e. The molecule has 0 aliphatic heterocycles. The third-order valence-corrected chi connectivity index (χ3v) is 2.59. The highest BCUT2D eigenvalue weighted by Gasteiger charge is 2.22. The first-order chi connectivity index (χ1) is 7.93. The van der Waals surface area contributed by atoms with E-state index < -0.39 is 11.9 Å². The summed E-state index contributed by atoms with van der Waals surface area (Å²) in [6, 6.07) is 6.62. The van der Waals surface area contributed by atoms with Gasteiger partial charge in [-0.2, -0.15) is 0 Å². The van der Waals surface area contributed by atoms with Gasteiger partial charge in [-0.05, 0) is 18.1 Å². The molecule has 1 atom stereocenters. The summed E-state index contributed by atoms with van der Waals surface area (Å²) in [6.07, 6.45) is 0. The number of rotatable bonds is 4. The van der Waals surface area contributed by atoms with Gasteiger partial charge in [0.15, 0.2) is 0 Å². The molecule has 0 heterocycles. The predicted octanol–water partition coefficient (Wildman–Crippen LogP) is 1.29. The Kier molecular flexibility index (Phi) is 4.26. The number of hydrogen-bond donors (Lipinski definition) is 2. The monoisotopic (exact) mass is 234 g/mol. The second-order valence-corrected chi connectivity index (χ2v) is 4.36. The quantitative estimate of drug-likeness (QED) is 0.824. The SMILES string of the molecule is Cc1ccccc1C(NC(=O)C(C)C)C(N)=O. The second-order valence-electron chi connectivity index (χ2n) is 4.36. The summed E-state index contributed by atoms with van der Waals surface area (Å²) in [6.45, 7) is 5.42. The Bertz CT molecular complexity index is 427. The van der Waals surface area contributed by atoms with Gasteiger partial charge < -0.3 is 11.1 Å². The number of hydrogen-bond acceptors (Lipinski definition) is 2. The molecule has 4 heteroatoms. The third-order valence-electron chi connectivity index (χ3n) is 2.59. The fraction of sp³-hybridized carbons (Fsp3) is 0.385. The summed E-state index contributed by atoms with van der Waals surface area (Å²) in [4.78, 5) is 23.0. The van der Waals surface area contributed by atoms with Crippen molar-refractivity contribution in [2.24, 2.45) is 11.7 Å². The van der Waals surface area contributed by atoms with Gasteiger partial charge in [0.05, 0.1) is 0 Å². The van der Waals surface area contributed by atoms with Crippen molar-refractivity contribution < 1.29 is 9.59 Å². The minimum Gasteiger partial charge on any atom is -0.368 e. The van der Waals surface area contributed by atoms with E-state index in [1.54, 1.807) is 19.9 Å². The Balaban J connectivity index is 2.99. The number of primary amides is 1. The maximum Gasteiger partial charge on any atom is 0.244 e. The summed E-state index contributed by atoms with van der Waals surface area (Å²) in [5, 5.41) is 2.66. The van der Waals surface area contributed by atoms with Crippen molar-refractivity contribution in [2.45, 2.75) is 26.8 Å². The first kappa shape index (κ1) is 13.2. The van der Waals surface area contributed by atoms with E-state index in [2.05, 4.69) is 5.32 Å². The Labute approximate surface area is 101 Å². The third kappa shape index (κ3) is 3.31. The van der Waals surface area contributed by atoms with E-state index >= 15 is 0 Å². The van der Waals surface area contributed by atoms with Crippen LogP contribution in [0.4, 0.5) is 0 Å². The lowest BCUT2D eigenvalue weighted by Gasteiger charge is -2.19. The fourth-order valence-corrected chi connectivity index (χ4v) is 1.52. The summed E-state index contributed by atoms with van der Waals surface area (Å²) in [5.41, 5.74) is 7.01. The number of amides is 2. The number of nitrogens with one attached hydrogen (secondary N) is 1. The maximum absolute atomic E-state index is 11.6. The minimum absolute atomic E-state index is 0.180. The van der Waals surface area contributed by atoms with E-state index in [1.807, 2.05) is 25.1 Å². The molecule has 0 spiro atoms. The van der Waals surface area contributed by atoms with Crippen LogP contribution >= 0.6 is 0 Å². The molecular formula is C13H18N2O2. The molecule has 0 aliphatic carbocycles. The number of carbonyl (C=O) groups is 2. The van der Waals surface area contributed by atoms with Crippen molar-refractivity contribution in [3.8, 4) is 0 Å². The predicted molar refractivity (Wildman–Crippen MR) is 66.1 cm³/mol. The molecule has 0 bridgehead atoms. The molecule has 1 rings (SSSR count). The lowest BCUT2D eigenvalue weighted by molar-refractivity contribution is -0.129. The standard InChI is InChI=1S/C13H18N2O2/c1-8(2)13(17)15-11(12(14)16)10-7-5-4-6-9(10)3/h4-8,11H,1-3H3,(H2,14,16)(H,15,17). The fourth-order valence-electron chi connectivity index (χ4n) is 1.52. The van der Waals surface area contributed by atoms with Gasteiger partial charge in [0, 0.05) is 5.92 Å². The number of carbonyl (C=O) groups excluding carboxylic acids is 2. The van der Waals surface area contributed by atoms with Gasteiger partial charge in [0.25, 0.3) is 0 Å². The number of benzene rings is 1. The van der Waals surface area contributed by atoms with Crippen molar-refractivity contribution >= 4 is 11.8 Å². The van der Waals surface area contributed by atoms with E-state index in [9.17, 15) is 9.59 Å². The highest BCUT2D eigenvalue weighted by atomic mass is 16.2. The molecule has 0 aliphatic rings. The Morgan fingerprint density at radius 1 is 1.24 bits per heavy atom. The normalized spacial score (nSPS) is 12.2. The zero-order chi connectivity index (χ0) is 13.0. The topological polar surface area (TPSA) is 72.2 Å². The van der Waals surface area contributed by atoms with Crippen molar-refractivity contribution in [1.82, 2.24) is 5.32 Å². The molecule has 0 saturated heterocycles. The molecule has 0 radical (unpaired) electrons. The highest BCUT2D eigenvalue weighted by Crippen LogP contribution is 2.17. The Morgan fingerprint density at radius 3 is 2.29 bits per heavy atom. The van der Waals surface area contributed by atoms with Crippen LogP contribution in [0.2, 0.25) is 0 Å². The summed E-state index contributed by atoms with van der Waals surface area (Å²) in [7, 11) is 0. The summed E-state index contributed by atoms with van der Waals surface area (Å²) in [5.74, 6) is -0.911. The van der Waals surface area contributed by atoms with Gasteiger partial charge in [-0.25, -0.2) is 0 Å². The molecule has 1 unspecified atom stereocenters. The van der Waals surface area contributed by atoms with Gasteiger partial charge in [0.1, 0.15) is 6.04 Å². The molecule has 4 nitrogen and oxygen atoms in total. The van der Waals surface area contributed by atoms with E-state index in [0.29, 0.717) is 0 Å². The van der Waals surface area contributed by atoms with Crippen molar-refractivity contribution in [3.63, 3.8) is 0 Å². The minimum atomic E-state index is -0.758. The zero-order valence-corrected chi connectivity index (χ0v) is 10.4. The van der Waals surface area contributed by atoms with Crippen molar-refractivity contribution in [2.75, 3.05) is 0 Å². The Morgan fingerprint density at radius 2 is 1.82 bits per heavy atom. The van der Waals surface area contributed by atoms with Gasteiger partial charge in [0.2, 0.25) is 11.8 Å². The summed E-state index contributed by atoms with van der Waals surface area (Å²) >= 11 is 0. The van der Waals surface area contributed by atoms with Crippen LogP contribution < -0.4 is 11.1 Å². The van der Waals surface area contributed by atoms with Crippen LogP contribution in [-0.4, -0.2) is 11.8 Å². The maximum atomic E-state index is 11.6. The van der Waals surface area contributed by atoms with Crippen LogP contribution in [0.3, 0.4) is 0 Å². The molecule has 17 heavy (non-hydrogen) atoms. The molecule has 2 amide bonds. The molecule has 0 fully saturated rings. The van der Waals surface area contributed by atoms with E-state index in [-0.39, 0.29) is 11.8 Å². The van der Waals surface area contributed by atoms with E-state index in [0.717, 1.165) is 11.1 Å². The number of aryl methyl sites for hydroxylation is 1. The molecule has 1 aromatic rings. The molecule has 0 saturated carbocycles. The number of nitrogens with two attached hydrogens (primary N) is 1.